The first-order valence-electron chi connectivity index (χ1n) is 12.1. The van der Waals surface area contributed by atoms with Gasteiger partial charge in [0.05, 0.1) is 19.8 Å². The zero-order valence-corrected chi connectivity index (χ0v) is 21.4. The van der Waals surface area contributed by atoms with Crippen LogP contribution in [-0.2, 0) is 0 Å². The van der Waals surface area contributed by atoms with Crippen molar-refractivity contribution in [3.8, 4) is 28.5 Å². The second-order valence-corrected chi connectivity index (χ2v) is 9.25. The predicted octanol–water partition coefficient (Wildman–Crippen LogP) is 6.28. The molecule has 0 aliphatic carbocycles. The normalized spacial score (nSPS) is 14.9. The van der Waals surface area contributed by atoms with Gasteiger partial charge in [0.2, 0.25) is 0 Å². The first-order chi connectivity index (χ1) is 16.9. The second kappa shape index (κ2) is 10.6. The minimum atomic E-state index is -0.393. The van der Waals surface area contributed by atoms with Crippen LogP contribution in [0.1, 0.15) is 72.8 Å². The van der Waals surface area contributed by atoms with E-state index in [9.17, 15) is 9.90 Å². The van der Waals surface area contributed by atoms with E-state index in [-0.39, 0.29) is 11.7 Å². The van der Waals surface area contributed by atoms with Crippen LogP contribution in [0.4, 0.5) is 0 Å². The summed E-state index contributed by atoms with van der Waals surface area (Å²) in [7, 11) is 1.61. The number of benzene rings is 2. The van der Waals surface area contributed by atoms with Gasteiger partial charge in [0, 0.05) is 22.7 Å². The van der Waals surface area contributed by atoms with E-state index in [1.54, 1.807) is 19.2 Å². The third kappa shape index (κ3) is 4.69. The molecule has 35 heavy (non-hydrogen) atoms. The molecule has 2 N–H and O–H groups in total. The fraction of sp³-hybridized carbons (Fsp3) is 0.407. The van der Waals surface area contributed by atoms with Crippen LogP contribution in [0.3, 0.4) is 0 Å². The number of halogens is 1. The highest BCUT2D eigenvalue weighted by molar-refractivity contribution is 6.31. The number of amides is 1. The molecule has 0 radical (unpaired) electrons. The molecule has 1 aliphatic rings. The zero-order valence-electron chi connectivity index (χ0n) is 20.7. The number of phenols is 1. The summed E-state index contributed by atoms with van der Waals surface area (Å²) in [4.78, 5) is 15.3. The Morgan fingerprint density at radius 2 is 1.91 bits per heavy atom. The van der Waals surface area contributed by atoms with Gasteiger partial charge < -0.3 is 19.5 Å². The Labute approximate surface area is 211 Å². The highest BCUT2D eigenvalue weighted by Crippen LogP contribution is 2.46. The van der Waals surface area contributed by atoms with Gasteiger partial charge in [-0.25, -0.2) is 0 Å². The van der Waals surface area contributed by atoms with Crippen LogP contribution in [-0.4, -0.2) is 46.4 Å². The molecule has 0 saturated heterocycles. The Bertz CT molecular complexity index is 1220. The average molecular weight is 498 g/mol. The first kappa shape index (κ1) is 24.9. The van der Waals surface area contributed by atoms with Crippen LogP contribution >= 0.6 is 11.6 Å². The fourth-order valence-electron chi connectivity index (χ4n) is 4.46. The standard InChI is InChI=1S/C27H32ClN3O4/c1-5-7-11-31-26(17-9-10-21(22(14-17)34-4)35-12-8-6-2)23-24(29-30-25(23)27(31)33)18-15-19(28)16(3)13-20(18)32/h9-10,13-15,26,32H,5-8,11-12H2,1-4H3,(H,29,30). The number of hydrogen-bond donors (Lipinski definition) is 2. The number of carbonyl (C=O) groups is 1. The molecule has 0 fully saturated rings. The second-order valence-electron chi connectivity index (χ2n) is 8.85. The van der Waals surface area contributed by atoms with Crippen LogP contribution in [0.5, 0.6) is 17.2 Å². The molecule has 8 heteroatoms. The highest BCUT2D eigenvalue weighted by Gasteiger charge is 2.42. The number of aromatic amines is 1. The number of aryl methyl sites for hydroxylation is 1. The third-order valence-electron chi connectivity index (χ3n) is 6.41. The molecule has 1 unspecified atom stereocenters. The van der Waals surface area contributed by atoms with Gasteiger partial charge in [-0.3, -0.25) is 9.89 Å². The Balaban J connectivity index is 1.83. The third-order valence-corrected chi connectivity index (χ3v) is 6.81. The lowest BCUT2D eigenvalue weighted by Crippen LogP contribution is -2.30. The summed E-state index contributed by atoms with van der Waals surface area (Å²) in [5.41, 5.74) is 3.80. The Hall–Kier alpha value is -3.19. The van der Waals surface area contributed by atoms with Crippen molar-refractivity contribution in [2.24, 2.45) is 0 Å². The number of unbranched alkanes of at least 4 members (excludes halogenated alkanes) is 2. The number of nitrogens with one attached hydrogen (secondary N) is 1. The molecule has 7 nitrogen and oxygen atoms in total. The maximum Gasteiger partial charge on any atom is 0.273 e. The van der Waals surface area contributed by atoms with Crippen LogP contribution in [0.2, 0.25) is 5.02 Å². The summed E-state index contributed by atoms with van der Waals surface area (Å²) < 4.78 is 11.6. The molecule has 0 spiro atoms. The quantitative estimate of drug-likeness (QED) is 0.322. The molecule has 186 valence electrons. The lowest BCUT2D eigenvalue weighted by molar-refractivity contribution is 0.0741. The van der Waals surface area contributed by atoms with Gasteiger partial charge in [-0.1, -0.05) is 44.4 Å². The number of nitrogens with zero attached hydrogens (tertiary/aromatic N) is 2. The monoisotopic (exact) mass is 497 g/mol. The number of fused-ring (bicyclic) bond motifs is 1. The van der Waals surface area contributed by atoms with Crippen LogP contribution in [0, 0.1) is 6.92 Å². The molecule has 1 aliphatic heterocycles. The van der Waals surface area contributed by atoms with Gasteiger partial charge in [-0.05, 0) is 55.2 Å². The number of carbonyl (C=O) groups excluding carboxylic acids is 1. The number of ether oxygens (including phenoxy) is 2. The summed E-state index contributed by atoms with van der Waals surface area (Å²) >= 11 is 6.39. The maximum atomic E-state index is 13.4. The lowest BCUT2D eigenvalue weighted by atomic mass is 9.95. The van der Waals surface area contributed by atoms with E-state index in [0.29, 0.717) is 46.6 Å². The van der Waals surface area contributed by atoms with Crippen molar-refractivity contribution in [3.05, 3.63) is 57.7 Å². The van der Waals surface area contributed by atoms with Crippen molar-refractivity contribution in [1.82, 2.24) is 15.1 Å². The molecule has 1 amide bonds. The number of hydrogen-bond acceptors (Lipinski definition) is 5. The molecular weight excluding hydrogens is 466 g/mol. The predicted molar refractivity (Wildman–Crippen MR) is 137 cm³/mol. The zero-order chi connectivity index (χ0) is 25.1. The Morgan fingerprint density at radius 1 is 1.14 bits per heavy atom. The smallest absolute Gasteiger partial charge is 0.273 e. The van der Waals surface area contributed by atoms with Gasteiger partial charge in [0.1, 0.15) is 17.1 Å². The largest absolute Gasteiger partial charge is 0.507 e. The highest BCUT2D eigenvalue weighted by atomic mass is 35.5. The Kier molecular flexibility index (Phi) is 7.55. The number of rotatable bonds is 10. The fourth-order valence-corrected chi connectivity index (χ4v) is 4.63. The number of aromatic hydroxyl groups is 1. The van der Waals surface area contributed by atoms with Gasteiger partial charge in [0.15, 0.2) is 11.5 Å². The van der Waals surface area contributed by atoms with E-state index in [4.69, 9.17) is 21.1 Å². The average Bonchev–Trinajstić information content (AvgIpc) is 3.39. The van der Waals surface area contributed by atoms with Crippen LogP contribution in [0.25, 0.3) is 11.3 Å². The molecule has 1 atom stereocenters. The minimum absolute atomic E-state index is 0.0664. The van der Waals surface area contributed by atoms with Gasteiger partial charge >= 0.3 is 0 Å². The number of H-pyrrole nitrogens is 1. The topological polar surface area (TPSA) is 87.7 Å². The van der Waals surface area contributed by atoms with E-state index in [1.807, 2.05) is 30.0 Å². The Morgan fingerprint density at radius 3 is 2.63 bits per heavy atom. The lowest BCUT2D eigenvalue weighted by Gasteiger charge is -2.27. The van der Waals surface area contributed by atoms with Crippen molar-refractivity contribution in [2.45, 2.75) is 52.5 Å². The number of phenolic OH excluding ortho intramolecular Hbond substituents is 1. The van der Waals surface area contributed by atoms with Crippen LogP contribution in [0.15, 0.2) is 30.3 Å². The van der Waals surface area contributed by atoms with Crippen molar-refractivity contribution < 1.29 is 19.4 Å². The minimum Gasteiger partial charge on any atom is -0.507 e. The van der Waals surface area contributed by atoms with Crippen LogP contribution < -0.4 is 9.47 Å². The van der Waals surface area contributed by atoms with Gasteiger partial charge in [-0.15, -0.1) is 0 Å². The summed E-state index contributed by atoms with van der Waals surface area (Å²) in [5, 5.41) is 18.6. The van der Waals surface area contributed by atoms with E-state index in [0.717, 1.165) is 42.4 Å². The summed E-state index contributed by atoms with van der Waals surface area (Å²) in [6, 6.07) is 8.70. The molecule has 2 heterocycles. The van der Waals surface area contributed by atoms with Gasteiger partial charge in [-0.2, -0.15) is 5.10 Å². The molecule has 1 aromatic heterocycles. The van der Waals surface area contributed by atoms with Crippen molar-refractivity contribution in [2.75, 3.05) is 20.3 Å². The number of methoxy groups -OCH3 is 1. The van der Waals surface area contributed by atoms with Crippen molar-refractivity contribution >= 4 is 17.5 Å². The summed E-state index contributed by atoms with van der Waals surface area (Å²) in [5.74, 6) is 1.24. The maximum absolute atomic E-state index is 13.4. The molecule has 3 aromatic rings. The van der Waals surface area contributed by atoms with E-state index in [1.165, 1.54) is 0 Å². The van der Waals surface area contributed by atoms with E-state index < -0.39 is 6.04 Å². The van der Waals surface area contributed by atoms with E-state index in [2.05, 4.69) is 24.0 Å². The molecular formula is C27H32ClN3O4. The summed E-state index contributed by atoms with van der Waals surface area (Å²) in [6.45, 7) is 7.25. The first-order valence-corrected chi connectivity index (χ1v) is 12.5. The number of aromatic nitrogens is 2. The molecule has 4 rings (SSSR count). The molecule has 0 bridgehead atoms. The molecule has 0 saturated carbocycles. The van der Waals surface area contributed by atoms with Crippen molar-refractivity contribution in [1.29, 1.82) is 0 Å². The van der Waals surface area contributed by atoms with Gasteiger partial charge in [0.25, 0.3) is 5.91 Å². The van der Waals surface area contributed by atoms with Crippen molar-refractivity contribution in [3.63, 3.8) is 0 Å². The molecule has 2 aromatic carbocycles. The summed E-state index contributed by atoms with van der Waals surface area (Å²) in [6.07, 6.45) is 3.82. The van der Waals surface area contributed by atoms with E-state index >= 15 is 0 Å². The SMILES string of the molecule is CCCCOc1ccc(C2c3c(-c4cc(Cl)c(C)cc4O)n[nH]c3C(=O)N2CCCC)cc1OC.